The highest BCUT2D eigenvalue weighted by molar-refractivity contribution is 9.10. The van der Waals surface area contributed by atoms with Gasteiger partial charge in [0.2, 0.25) is 5.88 Å². The van der Waals surface area contributed by atoms with Gasteiger partial charge in [-0.15, -0.1) is 0 Å². The average molecular weight is 427 g/mol. The van der Waals surface area contributed by atoms with E-state index in [0.717, 1.165) is 22.3 Å². The van der Waals surface area contributed by atoms with E-state index in [1.807, 2.05) is 30.3 Å². The summed E-state index contributed by atoms with van der Waals surface area (Å²) in [6.07, 6.45) is 1.72. The van der Waals surface area contributed by atoms with Crippen LogP contribution in [0.15, 0.2) is 71.3 Å². The quantitative estimate of drug-likeness (QED) is 0.494. The molecule has 0 bridgehead atoms. The van der Waals surface area contributed by atoms with E-state index >= 15 is 0 Å². The van der Waals surface area contributed by atoms with Crippen molar-refractivity contribution in [3.05, 3.63) is 88.0 Å². The Labute approximate surface area is 168 Å². The zero-order valence-electron chi connectivity index (χ0n) is 15.3. The fourth-order valence-electron chi connectivity index (χ4n) is 2.67. The van der Waals surface area contributed by atoms with Gasteiger partial charge in [-0.1, -0.05) is 51.8 Å². The van der Waals surface area contributed by atoms with Crippen molar-refractivity contribution in [3.63, 3.8) is 0 Å². The molecule has 0 saturated heterocycles. The summed E-state index contributed by atoms with van der Waals surface area (Å²) in [7, 11) is 0. The van der Waals surface area contributed by atoms with Crippen molar-refractivity contribution < 1.29 is 9.47 Å². The van der Waals surface area contributed by atoms with Gasteiger partial charge in [-0.25, -0.2) is 4.98 Å². The molecule has 0 saturated carbocycles. The third-order valence-electron chi connectivity index (χ3n) is 3.98. The van der Waals surface area contributed by atoms with E-state index in [4.69, 9.17) is 9.47 Å². The molecule has 0 aliphatic rings. The average Bonchev–Trinajstić information content (AvgIpc) is 2.68. The second-order valence-electron chi connectivity index (χ2n) is 6.22. The van der Waals surface area contributed by atoms with Crippen LogP contribution in [0.1, 0.15) is 16.7 Å². The molecular weight excluding hydrogens is 404 g/mol. The van der Waals surface area contributed by atoms with Gasteiger partial charge in [0.15, 0.2) is 0 Å². The van der Waals surface area contributed by atoms with E-state index in [1.165, 1.54) is 11.1 Å². The Morgan fingerprint density at radius 2 is 1.93 bits per heavy atom. The van der Waals surface area contributed by atoms with Crippen LogP contribution in [-0.4, -0.2) is 18.1 Å². The number of halogens is 1. The predicted molar refractivity (Wildman–Crippen MR) is 111 cm³/mol. The summed E-state index contributed by atoms with van der Waals surface area (Å²) < 4.78 is 12.7. The van der Waals surface area contributed by atoms with Crippen LogP contribution in [0.5, 0.6) is 11.6 Å². The lowest BCUT2D eigenvalue weighted by Crippen LogP contribution is -2.21. The van der Waals surface area contributed by atoms with Gasteiger partial charge in [-0.3, -0.25) is 0 Å². The number of nitrogens with zero attached hydrogens (tertiary/aromatic N) is 1. The van der Waals surface area contributed by atoms with E-state index in [9.17, 15) is 0 Å². The number of aromatic nitrogens is 1. The minimum atomic E-state index is 0.555. The van der Waals surface area contributed by atoms with Crippen LogP contribution in [0.3, 0.4) is 0 Å². The predicted octanol–water partition coefficient (Wildman–Crippen LogP) is 4.90. The first-order valence-electron chi connectivity index (χ1n) is 8.92. The smallest absolute Gasteiger partial charge is 0.213 e. The van der Waals surface area contributed by atoms with Crippen LogP contribution in [0.2, 0.25) is 0 Å². The van der Waals surface area contributed by atoms with Crippen molar-refractivity contribution in [2.75, 3.05) is 13.2 Å². The lowest BCUT2D eigenvalue weighted by molar-refractivity contribution is 0.294. The van der Waals surface area contributed by atoms with E-state index < -0.39 is 0 Å². The number of benzene rings is 2. The molecule has 0 spiro atoms. The molecule has 0 amide bonds. The van der Waals surface area contributed by atoms with Crippen molar-refractivity contribution in [2.24, 2.45) is 0 Å². The Morgan fingerprint density at radius 3 is 2.74 bits per heavy atom. The minimum Gasteiger partial charge on any atom is -0.489 e. The third kappa shape index (κ3) is 6.38. The van der Waals surface area contributed by atoms with Crippen molar-refractivity contribution in [1.29, 1.82) is 0 Å². The first kappa shape index (κ1) is 19.4. The molecule has 0 unspecified atom stereocenters. The molecule has 4 nitrogen and oxygen atoms in total. The van der Waals surface area contributed by atoms with Crippen LogP contribution < -0.4 is 14.8 Å². The highest BCUT2D eigenvalue weighted by Crippen LogP contribution is 2.24. The largest absolute Gasteiger partial charge is 0.489 e. The maximum absolute atomic E-state index is 6.06. The van der Waals surface area contributed by atoms with Crippen molar-refractivity contribution >= 4 is 15.9 Å². The molecule has 0 aliphatic carbocycles. The maximum Gasteiger partial charge on any atom is 0.213 e. The zero-order valence-corrected chi connectivity index (χ0v) is 16.9. The topological polar surface area (TPSA) is 43.4 Å². The van der Waals surface area contributed by atoms with Crippen LogP contribution in [0.25, 0.3) is 0 Å². The summed E-state index contributed by atoms with van der Waals surface area (Å²) in [4.78, 5) is 4.14. The lowest BCUT2D eigenvalue weighted by Gasteiger charge is -2.13. The number of hydrogen-bond acceptors (Lipinski definition) is 4. The van der Waals surface area contributed by atoms with Crippen LogP contribution in [0, 0.1) is 6.92 Å². The second-order valence-corrected chi connectivity index (χ2v) is 7.14. The number of nitrogens with one attached hydrogen (secondary N) is 1. The number of hydrogen-bond donors (Lipinski definition) is 1. The SMILES string of the molecule is Cc1cccc(COc2ccc(Br)cc2CNCCOc2ccccn2)c1. The normalized spacial score (nSPS) is 10.6. The zero-order chi connectivity index (χ0) is 18.9. The standard InChI is InChI=1S/C22H23BrN2O2/c1-17-5-4-6-18(13-17)16-27-21-9-8-20(23)14-19(21)15-24-11-12-26-22-7-2-3-10-25-22/h2-10,13-14,24H,11-12,15-16H2,1H3. The fourth-order valence-corrected chi connectivity index (χ4v) is 3.08. The van der Waals surface area contributed by atoms with Crippen molar-refractivity contribution in [3.8, 4) is 11.6 Å². The Morgan fingerprint density at radius 1 is 1.00 bits per heavy atom. The molecular formula is C22H23BrN2O2. The third-order valence-corrected chi connectivity index (χ3v) is 4.47. The molecule has 1 heterocycles. The van der Waals surface area contributed by atoms with Gasteiger partial charge in [0, 0.05) is 35.4 Å². The first-order valence-corrected chi connectivity index (χ1v) is 9.71. The molecule has 0 atom stereocenters. The molecule has 0 radical (unpaired) electrons. The maximum atomic E-state index is 6.06. The van der Waals surface area contributed by atoms with E-state index in [1.54, 1.807) is 6.20 Å². The van der Waals surface area contributed by atoms with E-state index in [-0.39, 0.29) is 0 Å². The van der Waals surface area contributed by atoms with Crippen LogP contribution in [-0.2, 0) is 13.2 Å². The van der Waals surface area contributed by atoms with Gasteiger partial charge < -0.3 is 14.8 Å². The van der Waals surface area contributed by atoms with Crippen LogP contribution >= 0.6 is 15.9 Å². The van der Waals surface area contributed by atoms with Crippen molar-refractivity contribution in [2.45, 2.75) is 20.1 Å². The summed E-state index contributed by atoms with van der Waals surface area (Å²) >= 11 is 3.54. The number of rotatable bonds is 9. The molecule has 5 heteroatoms. The second kappa shape index (κ2) is 10.1. The van der Waals surface area contributed by atoms with Gasteiger partial charge in [0.05, 0.1) is 0 Å². The first-order chi connectivity index (χ1) is 13.2. The molecule has 0 aliphatic heterocycles. The van der Waals surface area contributed by atoms with E-state index in [2.05, 4.69) is 63.5 Å². The monoisotopic (exact) mass is 426 g/mol. The molecule has 140 valence electrons. The van der Waals surface area contributed by atoms with Crippen LogP contribution in [0.4, 0.5) is 0 Å². The molecule has 3 aromatic rings. The summed E-state index contributed by atoms with van der Waals surface area (Å²) in [5.41, 5.74) is 3.51. The summed E-state index contributed by atoms with van der Waals surface area (Å²) in [5, 5.41) is 3.39. The Balaban J connectivity index is 1.51. The number of aryl methyl sites for hydroxylation is 1. The van der Waals surface area contributed by atoms with Crippen molar-refractivity contribution in [1.82, 2.24) is 10.3 Å². The Hall–Kier alpha value is -2.37. The number of ether oxygens (including phenoxy) is 2. The fraction of sp³-hybridized carbons (Fsp3) is 0.227. The molecule has 0 fully saturated rings. The lowest BCUT2D eigenvalue weighted by atomic mass is 10.1. The molecule has 2 aromatic carbocycles. The molecule has 1 aromatic heterocycles. The van der Waals surface area contributed by atoms with Gasteiger partial charge in [-0.05, 0) is 36.8 Å². The highest BCUT2D eigenvalue weighted by Gasteiger charge is 2.06. The summed E-state index contributed by atoms with van der Waals surface area (Å²) in [6.45, 7) is 4.63. The van der Waals surface area contributed by atoms with Gasteiger partial charge in [-0.2, -0.15) is 0 Å². The Kier molecular flexibility index (Phi) is 7.25. The summed E-state index contributed by atoms with van der Waals surface area (Å²) in [5.74, 6) is 1.53. The molecule has 1 N–H and O–H groups in total. The molecule has 27 heavy (non-hydrogen) atoms. The van der Waals surface area contributed by atoms with Gasteiger partial charge >= 0.3 is 0 Å². The Bertz CT molecular complexity index is 856. The molecule has 3 rings (SSSR count). The van der Waals surface area contributed by atoms with E-state index in [0.29, 0.717) is 25.6 Å². The summed E-state index contributed by atoms with van der Waals surface area (Å²) in [6, 6.07) is 20.1. The number of pyridine rings is 1. The highest BCUT2D eigenvalue weighted by atomic mass is 79.9. The van der Waals surface area contributed by atoms with Gasteiger partial charge in [0.1, 0.15) is 19.0 Å². The minimum absolute atomic E-state index is 0.555. The van der Waals surface area contributed by atoms with Gasteiger partial charge in [0.25, 0.3) is 0 Å².